The minimum Gasteiger partial charge on any atom is -0.388 e. The highest BCUT2D eigenvalue weighted by molar-refractivity contribution is 5.92. The van der Waals surface area contributed by atoms with E-state index in [1.54, 1.807) is 20.1 Å². The van der Waals surface area contributed by atoms with Crippen LogP contribution in [0, 0.1) is 5.92 Å². The molecule has 0 aliphatic rings. The molecule has 1 unspecified atom stereocenters. The van der Waals surface area contributed by atoms with Gasteiger partial charge in [-0.3, -0.25) is 4.79 Å². The Balaban J connectivity index is 2.56. The largest absolute Gasteiger partial charge is 0.388 e. The summed E-state index contributed by atoms with van der Waals surface area (Å²) >= 11 is 0. The predicted octanol–water partition coefficient (Wildman–Crippen LogP) is 1.66. The Morgan fingerprint density at radius 1 is 1.55 bits per heavy atom. The number of aromatic nitrogens is 1. The molecule has 1 aromatic heterocycles. The number of carbonyl (C=O) groups is 1. The van der Waals surface area contributed by atoms with Crippen molar-refractivity contribution in [2.24, 2.45) is 5.92 Å². The van der Waals surface area contributed by atoms with Gasteiger partial charge in [-0.2, -0.15) is 0 Å². The van der Waals surface area contributed by atoms with E-state index in [0.29, 0.717) is 31.2 Å². The van der Waals surface area contributed by atoms with E-state index >= 15 is 0 Å². The molecule has 114 valence electrons. The standard InChI is InChI=1S/C15H26N2O3/c1-12(2)10-15(3,19)11-16-14(18)13-6-5-7-17(13)8-9-20-4/h5-7,12,19H,8-11H2,1-4H3,(H,16,18). The van der Waals surface area contributed by atoms with E-state index in [2.05, 4.69) is 5.32 Å². The van der Waals surface area contributed by atoms with Gasteiger partial charge in [0, 0.05) is 26.4 Å². The van der Waals surface area contributed by atoms with Gasteiger partial charge in [-0.05, 0) is 31.4 Å². The van der Waals surface area contributed by atoms with E-state index in [9.17, 15) is 9.90 Å². The van der Waals surface area contributed by atoms with Gasteiger partial charge in [0.2, 0.25) is 0 Å². The smallest absolute Gasteiger partial charge is 0.268 e. The molecule has 1 amide bonds. The van der Waals surface area contributed by atoms with Crippen LogP contribution in [-0.4, -0.2) is 41.4 Å². The quantitative estimate of drug-likeness (QED) is 0.762. The van der Waals surface area contributed by atoms with E-state index < -0.39 is 5.60 Å². The number of rotatable bonds is 8. The Kier molecular flexibility index (Phi) is 6.23. The molecular formula is C15H26N2O3. The molecule has 5 heteroatoms. The lowest BCUT2D eigenvalue weighted by Gasteiger charge is -2.25. The normalized spacial score (nSPS) is 14.3. The predicted molar refractivity (Wildman–Crippen MR) is 78.7 cm³/mol. The van der Waals surface area contributed by atoms with Crippen molar-refractivity contribution in [2.45, 2.75) is 39.3 Å². The Bertz CT molecular complexity index is 425. The van der Waals surface area contributed by atoms with Crippen molar-refractivity contribution >= 4 is 5.91 Å². The monoisotopic (exact) mass is 282 g/mol. The molecule has 5 nitrogen and oxygen atoms in total. The van der Waals surface area contributed by atoms with Crippen LogP contribution in [0.2, 0.25) is 0 Å². The zero-order valence-electron chi connectivity index (χ0n) is 12.8. The first-order valence-electron chi connectivity index (χ1n) is 7.00. The van der Waals surface area contributed by atoms with Crippen molar-refractivity contribution in [3.8, 4) is 0 Å². The van der Waals surface area contributed by atoms with Crippen LogP contribution in [0.4, 0.5) is 0 Å². The molecule has 1 heterocycles. The van der Waals surface area contributed by atoms with Gasteiger partial charge in [0.25, 0.3) is 5.91 Å². The second kappa shape index (κ2) is 7.45. The first-order valence-corrected chi connectivity index (χ1v) is 7.00. The Hall–Kier alpha value is -1.33. The highest BCUT2D eigenvalue weighted by Crippen LogP contribution is 2.15. The van der Waals surface area contributed by atoms with E-state index in [-0.39, 0.29) is 12.5 Å². The van der Waals surface area contributed by atoms with Gasteiger partial charge in [0.15, 0.2) is 0 Å². The van der Waals surface area contributed by atoms with Gasteiger partial charge in [0.05, 0.1) is 12.2 Å². The number of nitrogens with one attached hydrogen (secondary N) is 1. The molecule has 1 aromatic rings. The third kappa shape index (κ3) is 5.35. The molecule has 0 aliphatic heterocycles. The van der Waals surface area contributed by atoms with Crippen molar-refractivity contribution in [1.82, 2.24) is 9.88 Å². The van der Waals surface area contributed by atoms with Crippen molar-refractivity contribution in [1.29, 1.82) is 0 Å². The first-order chi connectivity index (χ1) is 9.35. The summed E-state index contributed by atoms with van der Waals surface area (Å²) in [4.78, 5) is 12.1. The lowest BCUT2D eigenvalue weighted by Crippen LogP contribution is -2.42. The number of hydrogen-bond acceptors (Lipinski definition) is 3. The summed E-state index contributed by atoms with van der Waals surface area (Å²) in [5.41, 5.74) is -0.296. The summed E-state index contributed by atoms with van der Waals surface area (Å²) < 4.78 is 6.86. The Morgan fingerprint density at radius 3 is 2.85 bits per heavy atom. The summed E-state index contributed by atoms with van der Waals surface area (Å²) in [5, 5.41) is 13.0. The van der Waals surface area contributed by atoms with Gasteiger partial charge < -0.3 is 19.7 Å². The van der Waals surface area contributed by atoms with Crippen LogP contribution in [0.3, 0.4) is 0 Å². The molecule has 0 spiro atoms. The fourth-order valence-corrected chi connectivity index (χ4v) is 2.32. The number of carbonyl (C=O) groups excluding carboxylic acids is 1. The molecular weight excluding hydrogens is 256 g/mol. The number of nitrogens with zero attached hydrogens (tertiary/aromatic N) is 1. The molecule has 20 heavy (non-hydrogen) atoms. The Labute approximate surface area is 120 Å². The van der Waals surface area contributed by atoms with Gasteiger partial charge >= 0.3 is 0 Å². The lowest BCUT2D eigenvalue weighted by atomic mass is 9.94. The third-order valence-electron chi connectivity index (χ3n) is 3.08. The molecule has 2 N–H and O–H groups in total. The average Bonchev–Trinajstić information content (AvgIpc) is 2.80. The van der Waals surface area contributed by atoms with Crippen LogP contribution >= 0.6 is 0 Å². The second-order valence-electron chi connectivity index (χ2n) is 5.86. The van der Waals surface area contributed by atoms with Gasteiger partial charge in [-0.1, -0.05) is 13.8 Å². The van der Waals surface area contributed by atoms with Crippen molar-refractivity contribution < 1.29 is 14.6 Å². The number of methoxy groups -OCH3 is 1. The topological polar surface area (TPSA) is 63.5 Å². The van der Waals surface area contributed by atoms with Gasteiger partial charge in [-0.25, -0.2) is 0 Å². The first kappa shape index (κ1) is 16.7. The SMILES string of the molecule is COCCn1cccc1C(=O)NCC(C)(O)CC(C)C. The average molecular weight is 282 g/mol. The van der Waals surface area contributed by atoms with E-state index in [4.69, 9.17) is 4.74 Å². The molecule has 0 aliphatic carbocycles. The lowest BCUT2D eigenvalue weighted by molar-refractivity contribution is 0.0366. The number of ether oxygens (including phenoxy) is 1. The summed E-state index contributed by atoms with van der Waals surface area (Å²) in [6.07, 6.45) is 2.50. The van der Waals surface area contributed by atoms with E-state index in [0.717, 1.165) is 0 Å². The van der Waals surface area contributed by atoms with Crippen LogP contribution in [0.15, 0.2) is 18.3 Å². The van der Waals surface area contributed by atoms with Crippen molar-refractivity contribution in [3.05, 3.63) is 24.0 Å². The van der Waals surface area contributed by atoms with E-state index in [1.165, 1.54) is 0 Å². The number of aliphatic hydroxyl groups is 1. The Morgan fingerprint density at radius 2 is 2.25 bits per heavy atom. The summed E-state index contributed by atoms with van der Waals surface area (Å²) in [7, 11) is 1.63. The molecule has 0 saturated heterocycles. The summed E-state index contributed by atoms with van der Waals surface area (Å²) in [6, 6.07) is 3.60. The maximum absolute atomic E-state index is 12.1. The molecule has 0 bridgehead atoms. The molecule has 1 rings (SSSR count). The van der Waals surface area contributed by atoms with Gasteiger partial charge in [0.1, 0.15) is 5.69 Å². The van der Waals surface area contributed by atoms with Crippen molar-refractivity contribution in [3.63, 3.8) is 0 Å². The second-order valence-corrected chi connectivity index (χ2v) is 5.86. The third-order valence-corrected chi connectivity index (χ3v) is 3.08. The van der Waals surface area contributed by atoms with Crippen molar-refractivity contribution in [2.75, 3.05) is 20.3 Å². The molecule has 0 radical (unpaired) electrons. The van der Waals surface area contributed by atoms with Gasteiger partial charge in [-0.15, -0.1) is 0 Å². The maximum Gasteiger partial charge on any atom is 0.268 e. The molecule has 1 atom stereocenters. The van der Waals surface area contributed by atoms with Crippen LogP contribution in [0.1, 0.15) is 37.7 Å². The minimum absolute atomic E-state index is 0.171. The van der Waals surface area contributed by atoms with Crippen LogP contribution in [0.5, 0.6) is 0 Å². The van der Waals surface area contributed by atoms with Crippen LogP contribution < -0.4 is 5.32 Å². The van der Waals surface area contributed by atoms with Crippen LogP contribution in [0.25, 0.3) is 0 Å². The number of amides is 1. The molecule has 0 aromatic carbocycles. The fourth-order valence-electron chi connectivity index (χ4n) is 2.32. The maximum atomic E-state index is 12.1. The zero-order valence-corrected chi connectivity index (χ0v) is 12.8. The number of hydrogen-bond donors (Lipinski definition) is 2. The highest BCUT2D eigenvalue weighted by Gasteiger charge is 2.23. The zero-order chi connectivity index (χ0) is 15.2. The summed E-state index contributed by atoms with van der Waals surface area (Å²) in [5.74, 6) is 0.211. The fraction of sp³-hybridized carbons (Fsp3) is 0.667. The highest BCUT2D eigenvalue weighted by atomic mass is 16.5. The molecule has 0 fully saturated rings. The summed E-state index contributed by atoms with van der Waals surface area (Å²) in [6.45, 7) is 7.28. The van der Waals surface area contributed by atoms with Crippen LogP contribution in [-0.2, 0) is 11.3 Å². The minimum atomic E-state index is -0.881. The molecule has 0 saturated carbocycles. The van der Waals surface area contributed by atoms with E-state index in [1.807, 2.05) is 30.7 Å².